The van der Waals surface area contributed by atoms with Gasteiger partial charge in [-0.1, -0.05) is 31.2 Å². The van der Waals surface area contributed by atoms with Crippen molar-refractivity contribution in [3.05, 3.63) is 82.9 Å². The molecule has 1 aliphatic rings. The van der Waals surface area contributed by atoms with Crippen molar-refractivity contribution in [3.8, 4) is 5.75 Å². The van der Waals surface area contributed by atoms with Gasteiger partial charge in [-0.25, -0.2) is 4.79 Å². The fourth-order valence-electron chi connectivity index (χ4n) is 3.34. The molecule has 158 valence electrons. The van der Waals surface area contributed by atoms with E-state index in [1.807, 2.05) is 13.0 Å². The number of ketones is 1. The number of carbonyl (C=O) groups excluding carboxylic acids is 2. The van der Waals surface area contributed by atoms with Gasteiger partial charge in [0.15, 0.2) is 5.78 Å². The molecule has 1 unspecified atom stereocenters. The van der Waals surface area contributed by atoms with Crippen molar-refractivity contribution >= 4 is 29.7 Å². The van der Waals surface area contributed by atoms with Crippen LogP contribution in [-0.4, -0.2) is 11.9 Å². The lowest BCUT2D eigenvalue weighted by Crippen LogP contribution is -2.18. The highest BCUT2D eigenvalue weighted by Gasteiger charge is 2.25. The lowest BCUT2D eigenvalue weighted by Gasteiger charge is -2.22. The summed E-state index contributed by atoms with van der Waals surface area (Å²) in [7, 11) is 0. The molecule has 1 atom stereocenters. The van der Waals surface area contributed by atoms with Crippen LogP contribution < -0.4 is 4.74 Å². The van der Waals surface area contributed by atoms with Crippen molar-refractivity contribution in [2.75, 3.05) is 0 Å². The third-order valence-corrected chi connectivity index (χ3v) is 4.71. The second-order valence-corrected chi connectivity index (χ2v) is 7.18. The highest BCUT2D eigenvalue weighted by atomic mass is 19.3. The Bertz CT molecular complexity index is 1110. The van der Waals surface area contributed by atoms with Gasteiger partial charge < -0.3 is 4.74 Å². The summed E-state index contributed by atoms with van der Waals surface area (Å²) in [6.07, 6.45) is 3.74. The molecule has 0 aliphatic heterocycles. The van der Waals surface area contributed by atoms with E-state index >= 15 is 0 Å². The molecule has 4 nitrogen and oxygen atoms in total. The number of Topliss-reactive ketones (excluding diaryl/α,β-unsaturated/α-hetero) is 1. The average Bonchev–Trinajstić information content (AvgIpc) is 2.74. The Morgan fingerprint density at radius 1 is 0.968 bits per heavy atom. The van der Waals surface area contributed by atoms with Crippen LogP contribution in [0.5, 0.6) is 5.75 Å². The number of allylic oxidation sites excluding steroid dienone is 2. The molecule has 1 aliphatic carbocycles. The van der Waals surface area contributed by atoms with E-state index in [1.165, 1.54) is 18.2 Å². The fourth-order valence-corrected chi connectivity index (χ4v) is 3.34. The Morgan fingerprint density at radius 3 is 1.97 bits per heavy atom. The van der Waals surface area contributed by atoms with E-state index in [2.05, 4.69) is 9.73 Å². The summed E-state index contributed by atoms with van der Waals surface area (Å²) < 4.78 is 41.6. The third kappa shape index (κ3) is 5.90. The van der Waals surface area contributed by atoms with Crippen LogP contribution >= 0.6 is 0 Å². The van der Waals surface area contributed by atoms with Crippen molar-refractivity contribution < 1.29 is 27.5 Å². The number of hydrogen-bond donors (Lipinski definition) is 0. The van der Waals surface area contributed by atoms with Gasteiger partial charge in [-0.15, -0.1) is 0 Å². The lowest BCUT2D eigenvalue weighted by molar-refractivity contribution is -0.113. The Balaban J connectivity index is 1.81. The highest BCUT2D eigenvalue weighted by Crippen LogP contribution is 2.32. The zero-order valence-electron chi connectivity index (χ0n) is 16.6. The first-order valence-electron chi connectivity index (χ1n) is 9.48. The molecule has 0 spiro atoms. The van der Waals surface area contributed by atoms with Crippen LogP contribution in [0.3, 0.4) is 0 Å². The number of aliphatic imine (C=N–C) groups is 1. The van der Waals surface area contributed by atoms with E-state index in [0.717, 1.165) is 5.56 Å². The first-order chi connectivity index (χ1) is 14.9. The summed E-state index contributed by atoms with van der Waals surface area (Å²) in [4.78, 5) is 26.8. The minimum atomic E-state index is -2.53. The van der Waals surface area contributed by atoms with Crippen molar-refractivity contribution in [2.24, 2.45) is 10.9 Å². The number of carbonyl (C=O) groups is 1. The summed E-state index contributed by atoms with van der Waals surface area (Å²) in [5.41, 5.74) is 3.27. The Hall–Kier alpha value is -3.70. The number of hydrogen-bond acceptors (Lipinski definition) is 4. The smallest absolute Gasteiger partial charge is 0.344 e. The van der Waals surface area contributed by atoms with Crippen molar-refractivity contribution in [1.29, 1.82) is 0 Å². The zero-order chi connectivity index (χ0) is 22.4. The topological polar surface area (TPSA) is 55.7 Å². The van der Waals surface area contributed by atoms with Gasteiger partial charge >= 0.3 is 12.1 Å². The summed E-state index contributed by atoms with van der Waals surface area (Å²) in [5, 5.41) is 0. The van der Waals surface area contributed by atoms with E-state index in [0.29, 0.717) is 35.2 Å². The van der Waals surface area contributed by atoms with Gasteiger partial charge in [0.2, 0.25) is 6.08 Å². The second-order valence-electron chi connectivity index (χ2n) is 7.18. The third-order valence-electron chi connectivity index (χ3n) is 4.71. The van der Waals surface area contributed by atoms with E-state index < -0.39 is 12.1 Å². The predicted octanol–water partition coefficient (Wildman–Crippen LogP) is 6.53. The lowest BCUT2D eigenvalue weighted by atomic mass is 9.81. The molecule has 3 rings (SSSR count). The number of nitrogens with zero attached hydrogens (tertiary/aromatic N) is 1. The molecule has 1 saturated carbocycles. The molecule has 2 aromatic rings. The van der Waals surface area contributed by atoms with Crippen LogP contribution in [0.1, 0.15) is 30.9 Å². The summed E-state index contributed by atoms with van der Waals surface area (Å²) in [6.45, 7) is 2.05. The van der Waals surface area contributed by atoms with Crippen LogP contribution in [0.25, 0.3) is 12.2 Å². The minimum Gasteiger partial charge on any atom is -0.428 e. The van der Waals surface area contributed by atoms with Gasteiger partial charge in [0, 0.05) is 11.1 Å². The van der Waals surface area contributed by atoms with Gasteiger partial charge in [0.05, 0.1) is 5.69 Å². The molecule has 31 heavy (non-hydrogen) atoms. The molecular weight excluding hydrogens is 407 g/mol. The van der Waals surface area contributed by atoms with E-state index in [1.54, 1.807) is 42.5 Å². The van der Waals surface area contributed by atoms with Crippen LogP contribution in [0, 0.1) is 5.92 Å². The highest BCUT2D eigenvalue weighted by molar-refractivity contribution is 6.14. The van der Waals surface area contributed by atoms with Gasteiger partial charge in [-0.3, -0.25) is 4.79 Å². The molecule has 2 aromatic carbocycles. The minimum absolute atomic E-state index is 0.0677. The molecule has 0 bridgehead atoms. The number of halogens is 3. The molecule has 0 saturated heterocycles. The summed E-state index contributed by atoms with van der Waals surface area (Å²) >= 11 is 0. The molecule has 0 aromatic heterocycles. The standard InChI is InChI=1S/C24H18F3NO3/c1-15-10-18(12-16-2-6-20(7-3-16)28-14-29)22(30)19(11-15)13-17-4-8-21(9-5-17)31-24(27)23(25)26/h2-9,12-13,15H,10-11H2,1H3/b18-12-,19-13+. The van der Waals surface area contributed by atoms with E-state index in [4.69, 9.17) is 0 Å². The maximum atomic E-state index is 13.0. The normalized spacial score (nSPS) is 18.6. The quantitative estimate of drug-likeness (QED) is 0.237. The molecule has 0 N–H and O–H groups in total. The summed E-state index contributed by atoms with van der Waals surface area (Å²) in [6, 6.07) is 10.8. The molecule has 7 heteroatoms. The maximum Gasteiger partial charge on any atom is 0.344 e. The number of isocyanates is 1. The van der Waals surface area contributed by atoms with Crippen LogP contribution in [0.4, 0.5) is 18.9 Å². The number of benzene rings is 2. The second kappa shape index (κ2) is 9.87. The Labute approximate surface area is 177 Å². The van der Waals surface area contributed by atoms with Gasteiger partial charge in [-0.2, -0.15) is 18.2 Å². The monoisotopic (exact) mass is 425 g/mol. The van der Waals surface area contributed by atoms with Crippen LogP contribution in [-0.2, 0) is 9.59 Å². The summed E-state index contributed by atoms with van der Waals surface area (Å²) in [5.74, 6) is 0.115. The molecule has 0 radical (unpaired) electrons. The van der Waals surface area contributed by atoms with Crippen LogP contribution in [0.15, 0.2) is 76.8 Å². The molecule has 0 heterocycles. The first kappa shape index (κ1) is 22.0. The van der Waals surface area contributed by atoms with Gasteiger partial charge in [0.25, 0.3) is 0 Å². The van der Waals surface area contributed by atoms with E-state index in [9.17, 15) is 22.8 Å². The predicted molar refractivity (Wildman–Crippen MR) is 111 cm³/mol. The fraction of sp³-hybridized carbons (Fsp3) is 0.167. The number of ether oxygens (including phenoxy) is 1. The average molecular weight is 425 g/mol. The Kier molecular flexibility index (Phi) is 7.00. The van der Waals surface area contributed by atoms with Crippen molar-refractivity contribution in [3.63, 3.8) is 0 Å². The SMILES string of the molecule is CC1C/C(=C/c2ccc(N=C=O)cc2)C(=O)/C(=C/c2ccc(OC(F)=C(F)F)cc2)C1. The maximum absolute atomic E-state index is 13.0. The largest absolute Gasteiger partial charge is 0.428 e. The van der Waals surface area contributed by atoms with Gasteiger partial charge in [0.1, 0.15) is 5.75 Å². The molecular formula is C24H18F3NO3. The molecule has 0 amide bonds. The van der Waals surface area contributed by atoms with E-state index in [-0.39, 0.29) is 17.5 Å². The van der Waals surface area contributed by atoms with Crippen LogP contribution in [0.2, 0.25) is 0 Å². The van der Waals surface area contributed by atoms with Gasteiger partial charge in [-0.05, 0) is 66.3 Å². The van der Waals surface area contributed by atoms with Crippen molar-refractivity contribution in [2.45, 2.75) is 19.8 Å². The number of rotatable bonds is 5. The Morgan fingerprint density at radius 2 is 1.48 bits per heavy atom. The zero-order valence-corrected chi connectivity index (χ0v) is 16.6. The van der Waals surface area contributed by atoms with Crippen molar-refractivity contribution in [1.82, 2.24) is 0 Å². The first-order valence-corrected chi connectivity index (χ1v) is 9.48. The molecule has 1 fully saturated rings.